The van der Waals surface area contributed by atoms with Crippen LogP contribution in [0.1, 0.15) is 47.5 Å². The third-order valence-electron chi connectivity index (χ3n) is 1.99. The Kier molecular flexibility index (Phi) is 21.0. The predicted octanol–water partition coefficient (Wildman–Crippen LogP) is 1.59. The van der Waals surface area contributed by atoms with Crippen molar-refractivity contribution in [3.05, 3.63) is 0 Å². The van der Waals surface area contributed by atoms with Crippen molar-refractivity contribution in [2.24, 2.45) is 16.5 Å². The summed E-state index contributed by atoms with van der Waals surface area (Å²) in [4.78, 5) is 17.0. The average Bonchev–Trinajstić information content (AvgIpc) is 2.47. The minimum Gasteiger partial charge on any atom is -0.465 e. The molecule has 4 N–H and O–H groups in total. The van der Waals surface area contributed by atoms with Gasteiger partial charge in [-0.3, -0.25) is 9.79 Å². The maximum absolute atomic E-state index is 11.2. The molecule has 0 aromatic heterocycles. The van der Waals surface area contributed by atoms with Crippen molar-refractivity contribution in [2.45, 2.75) is 53.5 Å². The van der Waals surface area contributed by atoms with E-state index in [1.165, 1.54) is 0 Å². The molecule has 20 heavy (non-hydrogen) atoms. The van der Waals surface area contributed by atoms with Crippen LogP contribution in [-0.4, -0.2) is 50.1 Å². The first-order valence-electron chi connectivity index (χ1n) is 7.38. The highest BCUT2D eigenvalue weighted by atomic mass is 16.5. The zero-order chi connectivity index (χ0) is 16.6. The molecule has 0 fully saturated rings. The molecular formula is C14H34N4O2. The smallest absolute Gasteiger partial charge is 0.322 e. The van der Waals surface area contributed by atoms with E-state index in [0.29, 0.717) is 32.0 Å². The Morgan fingerprint density at radius 3 is 2.15 bits per heavy atom. The van der Waals surface area contributed by atoms with Gasteiger partial charge in [-0.15, -0.1) is 0 Å². The van der Waals surface area contributed by atoms with Crippen LogP contribution in [0.25, 0.3) is 0 Å². The minimum absolute atomic E-state index is 0.355. The summed E-state index contributed by atoms with van der Waals surface area (Å²) in [5.41, 5.74) is 11.2. The molecule has 0 spiro atoms. The molecule has 0 aliphatic rings. The van der Waals surface area contributed by atoms with E-state index in [2.05, 4.69) is 4.99 Å². The van der Waals surface area contributed by atoms with Crippen molar-refractivity contribution in [2.75, 3.05) is 27.2 Å². The lowest BCUT2D eigenvalue weighted by molar-refractivity contribution is -0.144. The summed E-state index contributed by atoms with van der Waals surface area (Å²) in [7, 11) is 3.65. The van der Waals surface area contributed by atoms with Crippen molar-refractivity contribution in [1.82, 2.24) is 4.90 Å². The number of esters is 1. The summed E-state index contributed by atoms with van der Waals surface area (Å²) >= 11 is 0. The van der Waals surface area contributed by atoms with Crippen LogP contribution in [0, 0.1) is 0 Å². The van der Waals surface area contributed by atoms with E-state index in [0.717, 1.165) is 0 Å². The summed E-state index contributed by atoms with van der Waals surface area (Å²) in [6, 6.07) is -0.560. The van der Waals surface area contributed by atoms with Crippen LogP contribution in [0.5, 0.6) is 0 Å². The standard InChI is InChI=1S/C10H22N4O2.2C2H6/c1-4-16-9(15)8(11)6-5-7-13-10(12)14(2)3;2*1-2/h8H,4-7,11H2,1-3H3,(H2,12,13);2*1-2H3. The van der Waals surface area contributed by atoms with Crippen LogP contribution in [-0.2, 0) is 9.53 Å². The number of hydrogen-bond donors (Lipinski definition) is 2. The van der Waals surface area contributed by atoms with E-state index in [9.17, 15) is 4.79 Å². The summed E-state index contributed by atoms with van der Waals surface area (Å²) in [6.07, 6.45) is 1.28. The molecule has 0 bridgehead atoms. The van der Waals surface area contributed by atoms with Crippen molar-refractivity contribution < 1.29 is 9.53 Å². The van der Waals surface area contributed by atoms with E-state index in [4.69, 9.17) is 16.2 Å². The van der Waals surface area contributed by atoms with Crippen molar-refractivity contribution in [3.63, 3.8) is 0 Å². The number of hydrogen-bond acceptors (Lipinski definition) is 4. The zero-order valence-corrected chi connectivity index (χ0v) is 14.3. The van der Waals surface area contributed by atoms with Gasteiger partial charge in [0.05, 0.1) is 6.61 Å². The van der Waals surface area contributed by atoms with E-state index in [1.807, 2.05) is 41.8 Å². The molecule has 0 radical (unpaired) electrons. The van der Waals surface area contributed by atoms with Gasteiger partial charge in [-0.25, -0.2) is 0 Å². The highest BCUT2D eigenvalue weighted by Crippen LogP contribution is 1.97. The number of carbonyl (C=O) groups is 1. The van der Waals surface area contributed by atoms with Crippen LogP contribution in [0.3, 0.4) is 0 Å². The molecule has 0 aromatic carbocycles. The second-order valence-corrected chi connectivity index (χ2v) is 3.64. The quantitative estimate of drug-likeness (QED) is 0.335. The molecular weight excluding hydrogens is 256 g/mol. The number of aliphatic imine (C=N–C) groups is 1. The topological polar surface area (TPSA) is 93.9 Å². The Labute approximate surface area is 124 Å². The predicted molar refractivity (Wildman–Crippen MR) is 86.7 cm³/mol. The van der Waals surface area contributed by atoms with Gasteiger partial charge < -0.3 is 21.1 Å². The molecule has 6 nitrogen and oxygen atoms in total. The van der Waals surface area contributed by atoms with Gasteiger partial charge in [-0.05, 0) is 19.8 Å². The molecule has 0 heterocycles. The normalized spacial score (nSPS) is 11.3. The minimum atomic E-state index is -0.560. The van der Waals surface area contributed by atoms with Gasteiger partial charge in [0.1, 0.15) is 6.04 Å². The monoisotopic (exact) mass is 290 g/mol. The summed E-state index contributed by atoms with van der Waals surface area (Å²) in [5, 5.41) is 0. The second kappa shape index (κ2) is 17.7. The summed E-state index contributed by atoms with van der Waals surface area (Å²) < 4.78 is 4.79. The molecule has 0 amide bonds. The van der Waals surface area contributed by atoms with Crippen molar-refractivity contribution in [1.29, 1.82) is 0 Å². The van der Waals surface area contributed by atoms with Crippen LogP contribution in [0.2, 0.25) is 0 Å². The Morgan fingerprint density at radius 2 is 1.75 bits per heavy atom. The fourth-order valence-corrected chi connectivity index (χ4v) is 1.01. The fourth-order valence-electron chi connectivity index (χ4n) is 1.01. The summed E-state index contributed by atoms with van der Waals surface area (Å²) in [6.45, 7) is 10.7. The van der Waals surface area contributed by atoms with Crippen molar-refractivity contribution in [3.8, 4) is 0 Å². The maximum Gasteiger partial charge on any atom is 0.322 e. The molecule has 0 saturated heterocycles. The van der Waals surface area contributed by atoms with E-state index in [1.54, 1.807) is 11.8 Å². The van der Waals surface area contributed by atoms with E-state index in [-0.39, 0.29) is 5.97 Å². The van der Waals surface area contributed by atoms with Crippen molar-refractivity contribution >= 4 is 11.9 Å². The second-order valence-electron chi connectivity index (χ2n) is 3.64. The molecule has 1 atom stereocenters. The average molecular weight is 290 g/mol. The number of guanidine groups is 1. The molecule has 0 saturated carbocycles. The Hall–Kier alpha value is -1.30. The van der Waals surface area contributed by atoms with Gasteiger partial charge in [0.2, 0.25) is 0 Å². The summed E-state index contributed by atoms with van der Waals surface area (Å²) in [5.74, 6) is 0.122. The third-order valence-corrected chi connectivity index (χ3v) is 1.99. The lowest BCUT2D eigenvalue weighted by atomic mass is 10.2. The van der Waals surface area contributed by atoms with Gasteiger partial charge in [0.25, 0.3) is 0 Å². The number of carbonyl (C=O) groups excluding carboxylic acids is 1. The Morgan fingerprint density at radius 1 is 1.25 bits per heavy atom. The Bertz CT molecular complexity index is 243. The molecule has 0 rings (SSSR count). The van der Waals surface area contributed by atoms with Crippen LogP contribution in [0.4, 0.5) is 0 Å². The van der Waals surface area contributed by atoms with Gasteiger partial charge in [-0.1, -0.05) is 27.7 Å². The third kappa shape index (κ3) is 14.8. The highest BCUT2D eigenvalue weighted by molar-refractivity contribution is 5.77. The first-order chi connectivity index (χ1) is 9.49. The van der Waals surface area contributed by atoms with E-state index >= 15 is 0 Å². The first kappa shape index (κ1) is 23.8. The lowest BCUT2D eigenvalue weighted by Crippen LogP contribution is -2.33. The molecule has 122 valence electrons. The number of ether oxygens (including phenoxy) is 1. The van der Waals surface area contributed by atoms with Gasteiger partial charge in [0, 0.05) is 20.6 Å². The van der Waals surface area contributed by atoms with E-state index < -0.39 is 6.04 Å². The van der Waals surface area contributed by atoms with Gasteiger partial charge in [0.15, 0.2) is 5.96 Å². The Balaban J connectivity index is -0.000000656. The fraction of sp³-hybridized carbons (Fsp3) is 0.857. The first-order valence-corrected chi connectivity index (χ1v) is 7.38. The van der Waals surface area contributed by atoms with Gasteiger partial charge in [-0.2, -0.15) is 0 Å². The largest absolute Gasteiger partial charge is 0.465 e. The lowest BCUT2D eigenvalue weighted by Gasteiger charge is -2.11. The molecule has 0 aromatic rings. The van der Waals surface area contributed by atoms with Crippen LogP contribution >= 0.6 is 0 Å². The molecule has 1 unspecified atom stereocenters. The zero-order valence-electron chi connectivity index (χ0n) is 14.3. The van der Waals surface area contributed by atoms with Crippen LogP contribution < -0.4 is 11.5 Å². The molecule has 0 aliphatic heterocycles. The maximum atomic E-state index is 11.2. The number of nitrogens with two attached hydrogens (primary N) is 2. The van der Waals surface area contributed by atoms with Gasteiger partial charge >= 0.3 is 5.97 Å². The molecule has 0 aliphatic carbocycles. The SMILES string of the molecule is CC.CC.CCOC(=O)C(N)CCCN=C(N)N(C)C. The highest BCUT2D eigenvalue weighted by Gasteiger charge is 2.13. The number of rotatable bonds is 6. The number of nitrogens with zero attached hydrogens (tertiary/aromatic N) is 2. The molecule has 6 heteroatoms. The van der Waals surface area contributed by atoms with Crippen LogP contribution in [0.15, 0.2) is 4.99 Å².